The van der Waals surface area contributed by atoms with Crippen LogP contribution in [0.2, 0.25) is 0 Å². The minimum absolute atomic E-state index is 0.181. The van der Waals surface area contributed by atoms with E-state index in [0.29, 0.717) is 5.92 Å². The van der Waals surface area contributed by atoms with Gasteiger partial charge in [0.05, 0.1) is 38.4 Å². The third-order valence-corrected chi connectivity index (χ3v) is 12.7. The summed E-state index contributed by atoms with van der Waals surface area (Å²) in [5.41, 5.74) is 0.259. The molecule has 6 rings (SSSR count). The Morgan fingerprint density at radius 3 is 2.32 bits per heavy atom. The van der Waals surface area contributed by atoms with Crippen molar-refractivity contribution in [1.29, 1.82) is 0 Å². The van der Waals surface area contributed by atoms with Crippen LogP contribution in [0.1, 0.15) is 78.6 Å². The van der Waals surface area contributed by atoms with Crippen LogP contribution < -0.4 is 0 Å². The Kier molecular flexibility index (Phi) is 4.97. The summed E-state index contributed by atoms with van der Waals surface area (Å²) >= 11 is 0. The van der Waals surface area contributed by atoms with Crippen LogP contribution in [0.25, 0.3) is 0 Å². The van der Waals surface area contributed by atoms with Crippen molar-refractivity contribution in [2.24, 2.45) is 58.7 Å². The number of quaternary nitrogens is 1. The molecule has 2 saturated heterocycles. The van der Waals surface area contributed by atoms with Gasteiger partial charge in [-0.1, -0.05) is 20.8 Å². The van der Waals surface area contributed by atoms with Crippen LogP contribution >= 0.6 is 0 Å². The summed E-state index contributed by atoms with van der Waals surface area (Å²) in [7, 11) is 2.61. The standard InChI is InChI=1S/C28H48NO2/c1-16-5-8-26-17(2)19-6-7-20-21(23(19)15-29(26,4)14-16)12-24-22(20)13-27(31)25-11-18(30)9-10-28(24,25)3/h16-27,30-31H,5-15H2,1-4H3/q+1/t16-,17-,18-,19-,20-,21-,22+,23+,24+,25-,26+,27+,28-,29+/m1/s1. The highest BCUT2D eigenvalue weighted by Gasteiger charge is 2.64. The van der Waals surface area contributed by atoms with Gasteiger partial charge in [-0.15, -0.1) is 0 Å². The molecule has 4 saturated carbocycles. The largest absolute Gasteiger partial charge is 0.393 e. The normalized spacial score (nSPS) is 63.3. The Hall–Kier alpha value is -0.120. The van der Waals surface area contributed by atoms with Crippen molar-refractivity contribution in [3.05, 3.63) is 0 Å². The highest BCUT2D eigenvalue weighted by molar-refractivity contribution is 5.11. The zero-order valence-corrected chi connectivity index (χ0v) is 20.5. The molecule has 0 bridgehead atoms. The van der Waals surface area contributed by atoms with Gasteiger partial charge < -0.3 is 14.7 Å². The van der Waals surface area contributed by atoms with Crippen molar-refractivity contribution in [3.63, 3.8) is 0 Å². The van der Waals surface area contributed by atoms with Crippen molar-refractivity contribution in [1.82, 2.24) is 0 Å². The van der Waals surface area contributed by atoms with E-state index in [1.54, 1.807) is 0 Å². The number of fused-ring (bicyclic) bond motifs is 8. The maximum absolute atomic E-state index is 11.2. The van der Waals surface area contributed by atoms with E-state index in [1.807, 2.05) is 0 Å². The Morgan fingerprint density at radius 1 is 0.742 bits per heavy atom. The first-order valence-corrected chi connectivity index (χ1v) is 13.9. The lowest BCUT2D eigenvalue weighted by atomic mass is 9.51. The summed E-state index contributed by atoms with van der Waals surface area (Å²) in [6, 6.07) is 0.904. The third kappa shape index (κ3) is 3.01. The molecule has 3 heteroatoms. The van der Waals surface area contributed by atoms with Crippen molar-refractivity contribution in [3.8, 4) is 0 Å². The second-order valence-electron chi connectivity index (χ2n) is 14.0. The van der Waals surface area contributed by atoms with Crippen LogP contribution in [0.5, 0.6) is 0 Å². The van der Waals surface area contributed by atoms with Crippen molar-refractivity contribution in [2.45, 2.75) is 96.8 Å². The van der Waals surface area contributed by atoms with Crippen LogP contribution in [0.4, 0.5) is 0 Å². The molecule has 14 atom stereocenters. The summed E-state index contributed by atoms with van der Waals surface area (Å²) in [4.78, 5) is 0. The number of piperidine rings is 2. The number of nitrogens with zero attached hydrogens (tertiary/aromatic N) is 1. The first-order valence-electron chi connectivity index (χ1n) is 13.9. The number of rotatable bonds is 0. The van der Waals surface area contributed by atoms with Gasteiger partial charge >= 0.3 is 0 Å². The van der Waals surface area contributed by atoms with Crippen molar-refractivity contribution >= 4 is 0 Å². The summed E-state index contributed by atoms with van der Waals surface area (Å²) in [5, 5.41) is 21.6. The van der Waals surface area contributed by atoms with E-state index in [-0.39, 0.29) is 17.6 Å². The maximum Gasteiger partial charge on any atom is 0.0917 e. The summed E-state index contributed by atoms with van der Waals surface area (Å²) in [6.45, 7) is 10.5. The Balaban J connectivity index is 1.30. The fourth-order valence-corrected chi connectivity index (χ4v) is 11.5. The molecule has 3 nitrogen and oxygen atoms in total. The van der Waals surface area contributed by atoms with Crippen LogP contribution in [0.15, 0.2) is 0 Å². The molecule has 4 aliphatic carbocycles. The molecular weight excluding hydrogens is 382 g/mol. The van der Waals surface area contributed by atoms with Gasteiger partial charge in [0.1, 0.15) is 0 Å². The van der Waals surface area contributed by atoms with E-state index in [2.05, 4.69) is 27.8 Å². The quantitative estimate of drug-likeness (QED) is 0.547. The molecular formula is C28H48NO2+. The lowest BCUT2D eigenvalue weighted by molar-refractivity contribution is -0.955. The van der Waals surface area contributed by atoms with Gasteiger partial charge in [-0.3, -0.25) is 0 Å². The average Bonchev–Trinajstić information content (AvgIpc) is 3.09. The molecule has 31 heavy (non-hydrogen) atoms. The van der Waals surface area contributed by atoms with Crippen LogP contribution in [0.3, 0.4) is 0 Å². The van der Waals surface area contributed by atoms with E-state index < -0.39 is 0 Å². The maximum atomic E-state index is 11.2. The van der Waals surface area contributed by atoms with E-state index >= 15 is 0 Å². The van der Waals surface area contributed by atoms with Gasteiger partial charge in [-0.2, -0.15) is 0 Å². The molecule has 2 aliphatic heterocycles. The van der Waals surface area contributed by atoms with Crippen molar-refractivity contribution in [2.75, 3.05) is 20.1 Å². The minimum atomic E-state index is -0.181. The zero-order chi connectivity index (χ0) is 21.7. The summed E-state index contributed by atoms with van der Waals surface area (Å²) in [5.74, 6) is 7.28. The molecule has 176 valence electrons. The molecule has 0 aromatic heterocycles. The summed E-state index contributed by atoms with van der Waals surface area (Å²) < 4.78 is 1.36. The lowest BCUT2D eigenvalue weighted by Gasteiger charge is -2.60. The van der Waals surface area contributed by atoms with E-state index in [4.69, 9.17) is 0 Å². The third-order valence-electron chi connectivity index (χ3n) is 12.7. The van der Waals surface area contributed by atoms with E-state index in [0.717, 1.165) is 79.1 Å². The van der Waals surface area contributed by atoms with Gasteiger partial charge in [-0.05, 0) is 92.3 Å². The van der Waals surface area contributed by atoms with Gasteiger partial charge in [0.2, 0.25) is 0 Å². The smallest absolute Gasteiger partial charge is 0.0917 e. The topological polar surface area (TPSA) is 40.5 Å². The average molecular weight is 431 g/mol. The number of hydrogen-bond donors (Lipinski definition) is 2. The van der Waals surface area contributed by atoms with E-state index in [9.17, 15) is 10.2 Å². The second-order valence-corrected chi connectivity index (χ2v) is 14.0. The minimum Gasteiger partial charge on any atom is -0.393 e. The fourth-order valence-electron chi connectivity index (χ4n) is 11.5. The molecule has 0 unspecified atom stereocenters. The monoisotopic (exact) mass is 430 g/mol. The predicted molar refractivity (Wildman–Crippen MR) is 124 cm³/mol. The Bertz CT molecular complexity index is 711. The van der Waals surface area contributed by atoms with Crippen molar-refractivity contribution < 1.29 is 14.7 Å². The van der Waals surface area contributed by atoms with Gasteiger partial charge in [-0.25, -0.2) is 0 Å². The molecule has 0 amide bonds. The first kappa shape index (κ1) is 21.4. The Labute approximate surface area is 190 Å². The van der Waals surface area contributed by atoms with Crippen LogP contribution in [0, 0.1) is 58.7 Å². The van der Waals surface area contributed by atoms with Crippen LogP contribution in [-0.4, -0.2) is 53.1 Å². The Morgan fingerprint density at radius 2 is 1.52 bits per heavy atom. The zero-order valence-electron chi connectivity index (χ0n) is 20.5. The SMILES string of the molecule is C[C@@H]1CC[C@H]2[C@H](C)[C@H]3CC[C@@H]4[C@@H](C[C@H]5[C@H]4C[C@H](O)[C@H]4C[C@H](O)CC[C@@]45C)[C@H]3C[N@+]2(C)C1. The number of hydrogen-bond acceptors (Lipinski definition) is 2. The molecule has 2 N–H and O–H groups in total. The number of aliphatic hydroxyl groups is 2. The summed E-state index contributed by atoms with van der Waals surface area (Å²) in [6.07, 6.45) is 10.8. The van der Waals surface area contributed by atoms with Gasteiger partial charge in [0, 0.05) is 24.2 Å². The number of aliphatic hydroxyl groups excluding tert-OH is 2. The molecule has 6 fully saturated rings. The molecule has 0 aromatic rings. The van der Waals surface area contributed by atoms with Crippen LogP contribution in [-0.2, 0) is 0 Å². The fraction of sp³-hybridized carbons (Fsp3) is 1.00. The van der Waals surface area contributed by atoms with Gasteiger partial charge in [0.15, 0.2) is 0 Å². The first-order chi connectivity index (χ1) is 14.7. The second kappa shape index (κ2) is 7.19. The van der Waals surface area contributed by atoms with E-state index in [1.165, 1.54) is 49.7 Å². The predicted octanol–water partition coefficient (Wildman–Crippen LogP) is 4.71. The molecule has 2 heterocycles. The highest BCUT2D eigenvalue weighted by Crippen LogP contribution is 2.67. The molecule has 6 aliphatic rings. The molecule has 0 radical (unpaired) electrons. The highest BCUT2D eigenvalue weighted by atomic mass is 16.3. The molecule has 0 aromatic carbocycles. The lowest BCUT2D eigenvalue weighted by Crippen LogP contribution is -2.67. The molecule has 0 spiro atoms. The van der Waals surface area contributed by atoms with Gasteiger partial charge in [0.25, 0.3) is 0 Å².